The summed E-state index contributed by atoms with van der Waals surface area (Å²) in [5.74, 6) is 3.10. The summed E-state index contributed by atoms with van der Waals surface area (Å²) >= 11 is 3.37. The average Bonchev–Trinajstić information content (AvgIpc) is 2.83. The number of nitrogens with zero attached hydrogens (tertiary/aromatic N) is 2. The number of benzene rings is 1. The molecule has 0 aliphatic carbocycles. The van der Waals surface area contributed by atoms with E-state index in [9.17, 15) is 0 Å². The zero-order chi connectivity index (χ0) is 14.8. The maximum absolute atomic E-state index is 4.44. The van der Waals surface area contributed by atoms with Gasteiger partial charge in [0.2, 0.25) is 0 Å². The number of alkyl halides is 1. The smallest absolute Gasteiger partial charge is 0.0664 e. The van der Waals surface area contributed by atoms with Crippen molar-refractivity contribution < 1.29 is 0 Å². The first-order valence-corrected chi connectivity index (χ1v) is 7.92. The van der Waals surface area contributed by atoms with Crippen LogP contribution in [-0.4, -0.2) is 14.9 Å². The second-order valence-corrected chi connectivity index (χ2v) is 5.50. The maximum atomic E-state index is 4.44. The van der Waals surface area contributed by atoms with E-state index in [-0.39, 0.29) is 0 Å². The third kappa shape index (κ3) is 2.48. The Kier molecular flexibility index (Phi) is 3.81. The average molecular weight is 339 g/mol. The molecule has 0 amide bonds. The molecule has 3 heteroatoms. The zero-order valence-corrected chi connectivity index (χ0v) is 13.6. The molecule has 2 nitrogen and oxygen atoms in total. The Labute approximate surface area is 133 Å². The molecule has 0 N–H and O–H groups in total. The molecule has 0 aliphatic heterocycles. The van der Waals surface area contributed by atoms with Gasteiger partial charge in [0.1, 0.15) is 0 Å². The monoisotopic (exact) mass is 338 g/mol. The second-order valence-electron chi connectivity index (χ2n) is 4.93. The number of aromatic nitrogens is 2. The lowest BCUT2D eigenvalue weighted by Gasteiger charge is -2.09. The van der Waals surface area contributed by atoms with Crippen LogP contribution in [0.5, 0.6) is 0 Å². The van der Waals surface area contributed by atoms with Crippen LogP contribution in [0.15, 0.2) is 42.6 Å². The van der Waals surface area contributed by atoms with Crippen molar-refractivity contribution in [2.24, 2.45) is 0 Å². The lowest BCUT2D eigenvalue weighted by molar-refractivity contribution is 1.13. The Morgan fingerprint density at radius 3 is 2.76 bits per heavy atom. The van der Waals surface area contributed by atoms with Gasteiger partial charge < -0.3 is 0 Å². The van der Waals surface area contributed by atoms with E-state index in [1.807, 2.05) is 25.3 Å². The molecule has 0 atom stereocenters. The van der Waals surface area contributed by atoms with Crippen LogP contribution < -0.4 is 0 Å². The SMILES string of the molecule is Cc1ccnc(C)c1-c1cc2ccccc2n1C#CCBr. The van der Waals surface area contributed by atoms with E-state index in [2.05, 4.69) is 68.6 Å². The number of rotatable bonds is 1. The molecule has 21 heavy (non-hydrogen) atoms. The highest BCUT2D eigenvalue weighted by atomic mass is 79.9. The molecule has 0 unspecified atom stereocenters. The van der Waals surface area contributed by atoms with E-state index in [0.717, 1.165) is 22.5 Å². The van der Waals surface area contributed by atoms with Crippen LogP contribution in [0.3, 0.4) is 0 Å². The molecule has 3 aromatic rings. The van der Waals surface area contributed by atoms with Gasteiger partial charge >= 0.3 is 0 Å². The zero-order valence-electron chi connectivity index (χ0n) is 12.0. The molecule has 0 fully saturated rings. The number of pyridine rings is 1. The van der Waals surface area contributed by atoms with Crippen LogP contribution in [-0.2, 0) is 0 Å². The highest BCUT2D eigenvalue weighted by Crippen LogP contribution is 2.31. The van der Waals surface area contributed by atoms with Crippen molar-refractivity contribution in [3.63, 3.8) is 0 Å². The number of para-hydroxylation sites is 1. The molecule has 1 aromatic carbocycles. The van der Waals surface area contributed by atoms with E-state index >= 15 is 0 Å². The molecule has 0 saturated carbocycles. The summed E-state index contributed by atoms with van der Waals surface area (Å²) < 4.78 is 2.06. The maximum Gasteiger partial charge on any atom is 0.0664 e. The van der Waals surface area contributed by atoms with Gasteiger partial charge in [0.25, 0.3) is 0 Å². The fraction of sp³-hybridized carbons (Fsp3) is 0.167. The first kappa shape index (κ1) is 13.9. The summed E-state index contributed by atoms with van der Waals surface area (Å²) in [6, 6.07) is 15.8. The van der Waals surface area contributed by atoms with Gasteiger partial charge in [-0.3, -0.25) is 9.55 Å². The highest BCUT2D eigenvalue weighted by molar-refractivity contribution is 9.09. The standard InChI is InChI=1S/C18H15BrN2/c1-13-8-10-20-14(2)18(13)17-12-15-6-3-4-7-16(15)21(17)11-5-9-19/h3-4,6-8,10,12H,9H2,1-2H3. The van der Waals surface area contributed by atoms with Crippen LogP contribution in [0.1, 0.15) is 11.3 Å². The Bertz CT molecular complexity index is 846. The first-order chi connectivity index (χ1) is 10.2. The van der Waals surface area contributed by atoms with E-state index in [1.54, 1.807) is 0 Å². The number of hydrogen-bond donors (Lipinski definition) is 0. The van der Waals surface area contributed by atoms with E-state index < -0.39 is 0 Å². The molecular weight excluding hydrogens is 324 g/mol. The fourth-order valence-corrected chi connectivity index (χ4v) is 2.78. The van der Waals surface area contributed by atoms with Crippen molar-refractivity contribution in [2.45, 2.75) is 13.8 Å². The predicted molar refractivity (Wildman–Crippen MR) is 91.6 cm³/mol. The lowest BCUT2D eigenvalue weighted by Crippen LogP contribution is -1.97. The van der Waals surface area contributed by atoms with Gasteiger partial charge in [0, 0.05) is 28.9 Å². The number of aryl methyl sites for hydroxylation is 2. The van der Waals surface area contributed by atoms with Crippen LogP contribution in [0, 0.1) is 25.8 Å². The van der Waals surface area contributed by atoms with Crippen LogP contribution in [0.4, 0.5) is 0 Å². The van der Waals surface area contributed by atoms with Crippen LogP contribution >= 0.6 is 15.9 Å². The Morgan fingerprint density at radius 2 is 2.00 bits per heavy atom. The van der Waals surface area contributed by atoms with Crippen molar-refractivity contribution in [3.8, 4) is 23.2 Å². The van der Waals surface area contributed by atoms with Gasteiger partial charge in [-0.25, -0.2) is 0 Å². The van der Waals surface area contributed by atoms with Crippen molar-refractivity contribution >= 4 is 26.8 Å². The Morgan fingerprint density at radius 1 is 1.19 bits per heavy atom. The minimum Gasteiger partial charge on any atom is -0.268 e. The summed E-state index contributed by atoms with van der Waals surface area (Å²) in [5.41, 5.74) is 5.64. The third-order valence-electron chi connectivity index (χ3n) is 3.57. The lowest BCUT2D eigenvalue weighted by atomic mass is 10.0. The highest BCUT2D eigenvalue weighted by Gasteiger charge is 2.13. The van der Waals surface area contributed by atoms with Gasteiger partial charge in [0.05, 0.1) is 16.5 Å². The molecule has 0 radical (unpaired) electrons. The summed E-state index contributed by atoms with van der Waals surface area (Å²) in [7, 11) is 0. The van der Waals surface area contributed by atoms with E-state index in [4.69, 9.17) is 0 Å². The Hall–Kier alpha value is -2.05. The minimum atomic E-state index is 0.657. The number of hydrogen-bond acceptors (Lipinski definition) is 1. The predicted octanol–water partition coefficient (Wildman–Crippen LogP) is 4.52. The van der Waals surface area contributed by atoms with Gasteiger partial charge in [-0.15, -0.1) is 0 Å². The molecule has 104 valence electrons. The molecule has 0 spiro atoms. The van der Waals surface area contributed by atoms with Crippen molar-refractivity contribution in [3.05, 3.63) is 53.9 Å². The van der Waals surface area contributed by atoms with Crippen molar-refractivity contribution in [1.82, 2.24) is 9.55 Å². The second kappa shape index (κ2) is 5.75. The van der Waals surface area contributed by atoms with E-state index in [1.165, 1.54) is 10.9 Å². The molecule has 2 heterocycles. The minimum absolute atomic E-state index is 0.657. The van der Waals surface area contributed by atoms with Crippen LogP contribution in [0.25, 0.3) is 22.2 Å². The molecule has 2 aromatic heterocycles. The number of fused-ring (bicyclic) bond motifs is 1. The van der Waals surface area contributed by atoms with Crippen molar-refractivity contribution in [2.75, 3.05) is 5.33 Å². The Balaban J connectivity index is 2.37. The molecule has 3 rings (SSSR count). The molecule has 0 aliphatic rings. The van der Waals surface area contributed by atoms with E-state index in [0.29, 0.717) is 5.33 Å². The summed E-state index contributed by atoms with van der Waals surface area (Å²) in [6.45, 7) is 4.16. The van der Waals surface area contributed by atoms with Crippen molar-refractivity contribution in [1.29, 1.82) is 0 Å². The van der Waals surface area contributed by atoms with Gasteiger partial charge in [-0.2, -0.15) is 0 Å². The molecule has 0 bridgehead atoms. The first-order valence-electron chi connectivity index (χ1n) is 6.80. The molecular formula is C18H15BrN2. The van der Waals surface area contributed by atoms with Gasteiger partial charge in [0.15, 0.2) is 0 Å². The summed E-state index contributed by atoms with van der Waals surface area (Å²) in [6.07, 6.45) is 1.85. The quantitative estimate of drug-likeness (QED) is 0.471. The number of halogens is 1. The summed E-state index contributed by atoms with van der Waals surface area (Å²) in [4.78, 5) is 4.44. The molecule has 0 saturated heterocycles. The largest absolute Gasteiger partial charge is 0.268 e. The normalized spacial score (nSPS) is 10.4. The summed E-state index contributed by atoms with van der Waals surface area (Å²) in [5, 5.41) is 1.85. The fourth-order valence-electron chi connectivity index (χ4n) is 2.65. The van der Waals surface area contributed by atoms with Gasteiger partial charge in [-0.1, -0.05) is 40.0 Å². The third-order valence-corrected chi connectivity index (χ3v) is 3.85. The topological polar surface area (TPSA) is 17.8 Å². The van der Waals surface area contributed by atoms with Gasteiger partial charge in [-0.05, 0) is 37.6 Å². The van der Waals surface area contributed by atoms with Crippen LogP contribution in [0.2, 0.25) is 0 Å².